The molecule has 2 nitrogen and oxygen atoms in total. The Morgan fingerprint density at radius 1 is 1.07 bits per heavy atom. The topological polar surface area (TPSA) is 21.3 Å². The quantitative estimate of drug-likeness (QED) is 0.755. The Morgan fingerprint density at radius 2 is 1.87 bits per heavy atom. The largest absolute Gasteiger partial charge is 0.373 e. The molecule has 0 aromatic carbocycles. The predicted molar refractivity (Wildman–Crippen MR) is 63.1 cm³/mol. The van der Waals surface area contributed by atoms with Crippen LogP contribution in [0.15, 0.2) is 0 Å². The molecule has 0 aromatic heterocycles. The van der Waals surface area contributed by atoms with E-state index in [9.17, 15) is 0 Å². The SMILES string of the molecule is CCCNC1CCCC1OC1CCCC1. The fourth-order valence-corrected chi connectivity index (χ4v) is 2.92. The van der Waals surface area contributed by atoms with Gasteiger partial charge in [-0.1, -0.05) is 19.8 Å². The lowest BCUT2D eigenvalue weighted by atomic mass is 10.2. The van der Waals surface area contributed by atoms with Gasteiger partial charge in [-0.15, -0.1) is 0 Å². The zero-order chi connectivity index (χ0) is 10.5. The zero-order valence-corrected chi connectivity index (χ0v) is 10.0. The number of hydrogen-bond donors (Lipinski definition) is 1. The summed E-state index contributed by atoms with van der Waals surface area (Å²) < 4.78 is 6.22. The summed E-state index contributed by atoms with van der Waals surface area (Å²) in [6.45, 7) is 3.38. The van der Waals surface area contributed by atoms with Crippen LogP contribution in [-0.2, 0) is 4.74 Å². The van der Waals surface area contributed by atoms with Gasteiger partial charge in [-0.2, -0.15) is 0 Å². The minimum absolute atomic E-state index is 0.514. The van der Waals surface area contributed by atoms with Crippen molar-refractivity contribution in [1.82, 2.24) is 5.32 Å². The van der Waals surface area contributed by atoms with Crippen LogP contribution in [0.1, 0.15) is 58.3 Å². The van der Waals surface area contributed by atoms with E-state index in [1.165, 1.54) is 51.4 Å². The molecule has 0 amide bonds. The van der Waals surface area contributed by atoms with Crippen LogP contribution in [-0.4, -0.2) is 24.8 Å². The monoisotopic (exact) mass is 211 g/mol. The molecule has 2 aliphatic rings. The molecular formula is C13H25NO. The molecule has 15 heavy (non-hydrogen) atoms. The van der Waals surface area contributed by atoms with Gasteiger partial charge in [0.05, 0.1) is 12.2 Å². The van der Waals surface area contributed by atoms with Crippen molar-refractivity contribution in [1.29, 1.82) is 0 Å². The van der Waals surface area contributed by atoms with Crippen molar-refractivity contribution in [2.24, 2.45) is 0 Å². The summed E-state index contributed by atoms with van der Waals surface area (Å²) in [7, 11) is 0. The van der Waals surface area contributed by atoms with Crippen molar-refractivity contribution >= 4 is 0 Å². The first kappa shape index (κ1) is 11.4. The molecule has 2 heteroatoms. The predicted octanol–water partition coefficient (Wildman–Crippen LogP) is 2.87. The number of nitrogens with one attached hydrogen (secondary N) is 1. The molecule has 2 unspecified atom stereocenters. The van der Waals surface area contributed by atoms with E-state index in [2.05, 4.69) is 12.2 Å². The van der Waals surface area contributed by atoms with Crippen molar-refractivity contribution in [2.45, 2.75) is 76.5 Å². The molecule has 0 bridgehead atoms. The second-order valence-electron chi connectivity index (χ2n) is 5.07. The van der Waals surface area contributed by atoms with Crippen molar-refractivity contribution in [3.63, 3.8) is 0 Å². The van der Waals surface area contributed by atoms with Crippen molar-refractivity contribution in [2.75, 3.05) is 6.54 Å². The van der Waals surface area contributed by atoms with E-state index in [0.29, 0.717) is 18.2 Å². The van der Waals surface area contributed by atoms with Gasteiger partial charge in [-0.3, -0.25) is 0 Å². The highest BCUT2D eigenvalue weighted by Gasteiger charge is 2.30. The Hall–Kier alpha value is -0.0800. The summed E-state index contributed by atoms with van der Waals surface area (Å²) in [4.78, 5) is 0. The van der Waals surface area contributed by atoms with Gasteiger partial charge in [0.25, 0.3) is 0 Å². The molecule has 88 valence electrons. The molecule has 2 aliphatic carbocycles. The summed E-state index contributed by atoms with van der Waals surface area (Å²) in [5.74, 6) is 0. The highest BCUT2D eigenvalue weighted by Crippen LogP contribution is 2.28. The number of ether oxygens (including phenoxy) is 1. The molecule has 2 rings (SSSR count). The Balaban J connectivity index is 1.74. The first-order chi connectivity index (χ1) is 7.40. The van der Waals surface area contributed by atoms with Gasteiger partial charge in [-0.05, 0) is 45.1 Å². The average molecular weight is 211 g/mol. The lowest BCUT2D eigenvalue weighted by Crippen LogP contribution is -2.39. The van der Waals surface area contributed by atoms with Gasteiger partial charge in [0.15, 0.2) is 0 Å². The number of rotatable bonds is 5. The Morgan fingerprint density at radius 3 is 2.60 bits per heavy atom. The number of hydrogen-bond acceptors (Lipinski definition) is 2. The summed E-state index contributed by atoms with van der Waals surface area (Å²) in [5.41, 5.74) is 0. The second kappa shape index (κ2) is 5.86. The van der Waals surface area contributed by atoms with Crippen molar-refractivity contribution in [3.05, 3.63) is 0 Å². The molecule has 0 aliphatic heterocycles. The first-order valence-corrected chi connectivity index (χ1v) is 6.79. The molecule has 0 saturated heterocycles. The van der Waals surface area contributed by atoms with Crippen molar-refractivity contribution < 1.29 is 4.74 Å². The fraction of sp³-hybridized carbons (Fsp3) is 1.00. The molecule has 2 fully saturated rings. The molecular weight excluding hydrogens is 186 g/mol. The summed E-state index contributed by atoms with van der Waals surface area (Å²) >= 11 is 0. The highest BCUT2D eigenvalue weighted by atomic mass is 16.5. The minimum Gasteiger partial charge on any atom is -0.373 e. The molecule has 0 aromatic rings. The van der Waals surface area contributed by atoms with E-state index in [1.54, 1.807) is 0 Å². The molecule has 0 spiro atoms. The van der Waals surface area contributed by atoms with Gasteiger partial charge in [-0.25, -0.2) is 0 Å². The highest BCUT2D eigenvalue weighted by molar-refractivity contribution is 4.85. The second-order valence-corrected chi connectivity index (χ2v) is 5.07. The third-order valence-corrected chi connectivity index (χ3v) is 3.78. The maximum Gasteiger partial charge on any atom is 0.0731 e. The van der Waals surface area contributed by atoms with Crippen LogP contribution in [0.4, 0.5) is 0 Å². The maximum absolute atomic E-state index is 6.22. The van der Waals surface area contributed by atoms with Crippen LogP contribution in [0.3, 0.4) is 0 Å². The Labute approximate surface area is 93.8 Å². The first-order valence-electron chi connectivity index (χ1n) is 6.79. The molecule has 2 atom stereocenters. The molecule has 2 saturated carbocycles. The third-order valence-electron chi connectivity index (χ3n) is 3.78. The third kappa shape index (κ3) is 3.18. The van der Waals surface area contributed by atoms with Gasteiger partial charge in [0.1, 0.15) is 0 Å². The Kier molecular flexibility index (Phi) is 4.45. The summed E-state index contributed by atoms with van der Waals surface area (Å²) in [6, 6.07) is 0.644. The smallest absolute Gasteiger partial charge is 0.0731 e. The van der Waals surface area contributed by atoms with Crippen LogP contribution < -0.4 is 5.32 Å². The fourth-order valence-electron chi connectivity index (χ4n) is 2.92. The molecule has 0 radical (unpaired) electrons. The minimum atomic E-state index is 0.514. The molecule has 1 N–H and O–H groups in total. The van der Waals surface area contributed by atoms with Gasteiger partial charge in [0, 0.05) is 6.04 Å². The summed E-state index contributed by atoms with van der Waals surface area (Å²) in [5, 5.41) is 3.63. The van der Waals surface area contributed by atoms with E-state index < -0.39 is 0 Å². The lowest BCUT2D eigenvalue weighted by Gasteiger charge is -2.24. The van der Waals surface area contributed by atoms with Crippen LogP contribution in [0.2, 0.25) is 0 Å². The van der Waals surface area contributed by atoms with Crippen molar-refractivity contribution in [3.8, 4) is 0 Å². The van der Waals surface area contributed by atoms with E-state index in [1.807, 2.05) is 0 Å². The van der Waals surface area contributed by atoms with Crippen LogP contribution in [0.5, 0.6) is 0 Å². The van der Waals surface area contributed by atoms with Crippen LogP contribution >= 0.6 is 0 Å². The van der Waals surface area contributed by atoms with Crippen LogP contribution in [0.25, 0.3) is 0 Å². The van der Waals surface area contributed by atoms with E-state index in [4.69, 9.17) is 4.74 Å². The van der Waals surface area contributed by atoms with Gasteiger partial charge in [0.2, 0.25) is 0 Å². The van der Waals surface area contributed by atoms with Gasteiger partial charge < -0.3 is 10.1 Å². The summed E-state index contributed by atoms with van der Waals surface area (Å²) in [6.07, 6.45) is 11.6. The standard InChI is InChI=1S/C13H25NO/c1-2-10-14-12-8-5-9-13(12)15-11-6-3-4-7-11/h11-14H,2-10H2,1H3. The van der Waals surface area contributed by atoms with E-state index >= 15 is 0 Å². The van der Waals surface area contributed by atoms with Crippen LogP contribution in [0, 0.1) is 0 Å². The Bertz CT molecular complexity index is 177. The van der Waals surface area contributed by atoms with E-state index in [-0.39, 0.29) is 0 Å². The normalized spacial score (nSPS) is 32.6. The zero-order valence-electron chi connectivity index (χ0n) is 10.0. The lowest BCUT2D eigenvalue weighted by molar-refractivity contribution is -0.0171. The maximum atomic E-state index is 6.22. The van der Waals surface area contributed by atoms with E-state index in [0.717, 1.165) is 6.54 Å². The molecule has 0 heterocycles. The van der Waals surface area contributed by atoms with Gasteiger partial charge >= 0.3 is 0 Å². The average Bonchev–Trinajstić information content (AvgIpc) is 2.87.